The van der Waals surface area contributed by atoms with Crippen LogP contribution in [0.15, 0.2) is 91.0 Å². The van der Waals surface area contributed by atoms with E-state index < -0.39 is 5.96 Å². The summed E-state index contributed by atoms with van der Waals surface area (Å²) in [6.07, 6.45) is 0.998. The van der Waals surface area contributed by atoms with Crippen molar-refractivity contribution in [2.45, 2.75) is 12.6 Å². The van der Waals surface area contributed by atoms with Gasteiger partial charge in [0.1, 0.15) is 0 Å². The van der Waals surface area contributed by atoms with E-state index >= 15 is 0 Å². The number of carbonyl (C=O) groups is 1. The van der Waals surface area contributed by atoms with Crippen molar-refractivity contribution >= 4 is 39.4 Å². The molecule has 0 aliphatic carbocycles. The summed E-state index contributed by atoms with van der Waals surface area (Å²) in [6, 6.07) is 30.1. The Hall–Kier alpha value is -1.95. The van der Waals surface area contributed by atoms with E-state index in [-0.39, 0.29) is 5.66 Å². The SMILES string of the molecule is CC(C=O)P(Cl)(c1ccccc1)(c1ccccc1)c1ccccc1. The minimum atomic E-state index is -3.43. The first-order valence-electron chi connectivity index (χ1n) is 7.98. The summed E-state index contributed by atoms with van der Waals surface area (Å²) in [7, 11) is 0. The Morgan fingerprint density at radius 1 is 0.708 bits per heavy atom. The number of benzene rings is 3. The molecule has 0 saturated heterocycles. The average Bonchev–Trinajstić information content (AvgIpc) is 2.69. The molecule has 3 heteroatoms. The predicted octanol–water partition coefficient (Wildman–Crippen LogP) is 4.26. The maximum absolute atomic E-state index is 12.0. The van der Waals surface area contributed by atoms with E-state index in [1.165, 1.54) is 0 Å². The molecule has 3 aromatic carbocycles. The van der Waals surface area contributed by atoms with E-state index in [4.69, 9.17) is 11.2 Å². The van der Waals surface area contributed by atoms with E-state index in [9.17, 15) is 4.79 Å². The molecule has 0 heterocycles. The summed E-state index contributed by atoms with van der Waals surface area (Å²) >= 11 is 7.72. The van der Waals surface area contributed by atoms with Crippen LogP contribution < -0.4 is 15.9 Å². The number of hydrogen-bond donors (Lipinski definition) is 0. The molecular weight excluding hydrogens is 335 g/mol. The van der Waals surface area contributed by atoms with Crippen molar-refractivity contribution in [3.05, 3.63) is 91.0 Å². The molecule has 0 aromatic heterocycles. The van der Waals surface area contributed by atoms with Crippen LogP contribution in [0.3, 0.4) is 0 Å². The zero-order chi connectivity index (χ0) is 17.1. The maximum atomic E-state index is 12.0. The molecule has 0 radical (unpaired) electrons. The van der Waals surface area contributed by atoms with E-state index in [1.807, 2.05) is 97.9 Å². The van der Waals surface area contributed by atoms with Gasteiger partial charge in [0.15, 0.2) is 0 Å². The molecule has 0 spiro atoms. The molecule has 0 aliphatic heterocycles. The summed E-state index contributed by atoms with van der Waals surface area (Å²) in [6.45, 7) is 1.94. The van der Waals surface area contributed by atoms with Gasteiger partial charge < -0.3 is 0 Å². The monoisotopic (exact) mass is 354 g/mol. The summed E-state index contributed by atoms with van der Waals surface area (Å²) in [5, 5.41) is 3.05. The quantitative estimate of drug-likeness (QED) is 0.494. The molecule has 3 rings (SSSR count). The Balaban J connectivity index is 2.50. The zero-order valence-electron chi connectivity index (χ0n) is 13.5. The zero-order valence-corrected chi connectivity index (χ0v) is 15.2. The van der Waals surface area contributed by atoms with Crippen LogP contribution in [-0.2, 0) is 4.79 Å². The van der Waals surface area contributed by atoms with E-state index in [1.54, 1.807) is 0 Å². The van der Waals surface area contributed by atoms with Gasteiger partial charge in [0.2, 0.25) is 0 Å². The van der Waals surface area contributed by atoms with Crippen LogP contribution in [0.25, 0.3) is 0 Å². The van der Waals surface area contributed by atoms with Crippen molar-refractivity contribution in [2.75, 3.05) is 0 Å². The molecule has 0 N–H and O–H groups in total. The standard InChI is InChI=1S/C21H20ClOP/c1-18(17-23)24(22,19-11-5-2-6-12-19,20-13-7-3-8-14-20)21-15-9-4-10-16-21/h2-18H,1H3. The Labute approximate surface area is 148 Å². The van der Waals surface area contributed by atoms with Crippen LogP contribution in [0.2, 0.25) is 0 Å². The van der Waals surface area contributed by atoms with Gasteiger partial charge in [-0.25, -0.2) is 0 Å². The van der Waals surface area contributed by atoms with Gasteiger partial charge >= 0.3 is 148 Å². The summed E-state index contributed by atoms with van der Waals surface area (Å²) < 4.78 is 0. The van der Waals surface area contributed by atoms with Crippen molar-refractivity contribution in [1.29, 1.82) is 0 Å². The van der Waals surface area contributed by atoms with E-state index in [0.717, 1.165) is 22.2 Å². The van der Waals surface area contributed by atoms with Crippen molar-refractivity contribution in [1.82, 2.24) is 0 Å². The number of carbonyl (C=O) groups excluding carboxylic acids is 1. The summed E-state index contributed by atoms with van der Waals surface area (Å²) in [5.74, 6) is -3.43. The second-order valence-corrected chi connectivity index (χ2v) is 12.6. The van der Waals surface area contributed by atoms with Gasteiger partial charge in [-0.2, -0.15) is 0 Å². The third-order valence-electron chi connectivity index (χ3n) is 4.74. The fourth-order valence-corrected chi connectivity index (χ4v) is 9.38. The molecule has 0 aliphatic rings. The molecule has 3 aromatic rings. The average molecular weight is 355 g/mol. The third kappa shape index (κ3) is 2.32. The van der Waals surface area contributed by atoms with Crippen LogP contribution in [0.1, 0.15) is 6.92 Å². The second-order valence-electron chi connectivity index (χ2n) is 5.96. The number of halogens is 1. The second kappa shape index (κ2) is 6.51. The van der Waals surface area contributed by atoms with E-state index in [0.29, 0.717) is 0 Å². The van der Waals surface area contributed by atoms with Crippen molar-refractivity contribution in [3.8, 4) is 0 Å². The molecule has 1 unspecified atom stereocenters. The topological polar surface area (TPSA) is 17.1 Å². The molecular formula is C21H20ClOP. The van der Waals surface area contributed by atoms with Gasteiger partial charge in [0, 0.05) is 0 Å². The number of aldehydes is 1. The first-order chi connectivity index (χ1) is 11.6. The van der Waals surface area contributed by atoms with Gasteiger partial charge in [-0.05, 0) is 0 Å². The van der Waals surface area contributed by atoms with Crippen LogP contribution in [0.4, 0.5) is 0 Å². The Kier molecular flexibility index (Phi) is 4.58. The van der Waals surface area contributed by atoms with Crippen molar-refractivity contribution in [2.24, 2.45) is 0 Å². The number of hydrogen-bond acceptors (Lipinski definition) is 1. The molecule has 0 bridgehead atoms. The molecule has 1 atom stereocenters. The van der Waals surface area contributed by atoms with E-state index in [2.05, 4.69) is 0 Å². The fraction of sp³-hybridized carbons (Fsp3) is 0.0952. The van der Waals surface area contributed by atoms with Gasteiger partial charge in [-0.3, -0.25) is 0 Å². The molecule has 0 amide bonds. The van der Waals surface area contributed by atoms with Gasteiger partial charge in [-0.15, -0.1) is 0 Å². The van der Waals surface area contributed by atoms with Crippen LogP contribution in [0, 0.1) is 0 Å². The van der Waals surface area contributed by atoms with Gasteiger partial charge in [-0.1, -0.05) is 0 Å². The summed E-state index contributed by atoms with van der Waals surface area (Å²) in [5.41, 5.74) is -0.343. The van der Waals surface area contributed by atoms with Crippen LogP contribution in [0.5, 0.6) is 0 Å². The Morgan fingerprint density at radius 3 is 1.25 bits per heavy atom. The summed E-state index contributed by atoms with van der Waals surface area (Å²) in [4.78, 5) is 12.0. The van der Waals surface area contributed by atoms with Gasteiger partial charge in [0.05, 0.1) is 0 Å². The Bertz CT molecular complexity index is 719. The Morgan fingerprint density at radius 2 is 1.00 bits per heavy atom. The van der Waals surface area contributed by atoms with Crippen LogP contribution >= 0.6 is 17.2 Å². The van der Waals surface area contributed by atoms with Crippen molar-refractivity contribution in [3.63, 3.8) is 0 Å². The molecule has 1 nitrogen and oxygen atoms in total. The first kappa shape index (κ1) is 16.9. The normalized spacial score (nSPS) is 14.3. The first-order valence-corrected chi connectivity index (χ1v) is 11.2. The van der Waals surface area contributed by atoms with Crippen LogP contribution in [-0.4, -0.2) is 11.9 Å². The molecule has 122 valence electrons. The fourth-order valence-electron chi connectivity index (χ4n) is 3.43. The molecule has 24 heavy (non-hydrogen) atoms. The molecule has 0 fully saturated rings. The third-order valence-corrected chi connectivity index (χ3v) is 13.0. The van der Waals surface area contributed by atoms with Gasteiger partial charge in [0.25, 0.3) is 0 Å². The molecule has 0 saturated carbocycles. The number of rotatable bonds is 5. The minimum absolute atomic E-state index is 0.343. The predicted molar refractivity (Wildman–Crippen MR) is 107 cm³/mol. The van der Waals surface area contributed by atoms with Crippen molar-refractivity contribution < 1.29 is 4.79 Å².